The molecule has 0 aliphatic heterocycles. The molecule has 0 amide bonds. The lowest BCUT2D eigenvalue weighted by Gasteiger charge is -2.56. The van der Waals surface area contributed by atoms with Gasteiger partial charge in [0.25, 0.3) is 0 Å². The Morgan fingerprint density at radius 2 is 1.79 bits per heavy atom. The van der Waals surface area contributed by atoms with Crippen molar-refractivity contribution in [1.82, 2.24) is 0 Å². The summed E-state index contributed by atoms with van der Waals surface area (Å²) in [5.41, 5.74) is -0.351. The van der Waals surface area contributed by atoms with E-state index in [1.807, 2.05) is 24.3 Å². The summed E-state index contributed by atoms with van der Waals surface area (Å²) in [5.74, 6) is -6.97. The number of benzene rings is 1. The molecule has 9 heteroatoms. The van der Waals surface area contributed by atoms with E-state index in [9.17, 15) is 27.9 Å². The molecule has 2 saturated carbocycles. The molecule has 4 aliphatic carbocycles. The van der Waals surface area contributed by atoms with Crippen LogP contribution in [-0.4, -0.2) is 41.2 Å². The van der Waals surface area contributed by atoms with Gasteiger partial charge in [0.05, 0.1) is 6.61 Å². The van der Waals surface area contributed by atoms with Gasteiger partial charge in [0, 0.05) is 23.8 Å². The normalized spacial score (nSPS) is 31.7. The smallest absolute Gasteiger partial charge is 0.456 e. The fourth-order valence-electron chi connectivity index (χ4n) is 8.04. The Kier molecular flexibility index (Phi) is 7.88. The van der Waals surface area contributed by atoms with Gasteiger partial charge in [0.1, 0.15) is 5.60 Å². The van der Waals surface area contributed by atoms with Crippen molar-refractivity contribution in [3.8, 4) is 0 Å². The molecule has 4 nitrogen and oxygen atoms in total. The Hall–Kier alpha value is -3.07. The van der Waals surface area contributed by atoms with E-state index < -0.39 is 47.3 Å². The van der Waals surface area contributed by atoms with Crippen molar-refractivity contribution in [1.29, 1.82) is 0 Å². The van der Waals surface area contributed by atoms with Gasteiger partial charge in [-0.25, -0.2) is 4.79 Å². The van der Waals surface area contributed by atoms with Crippen LogP contribution >= 0.6 is 0 Å². The third-order valence-corrected chi connectivity index (χ3v) is 10.0. The second kappa shape index (κ2) is 10.9. The Labute approximate surface area is 242 Å². The molecule has 0 heterocycles. The summed E-state index contributed by atoms with van der Waals surface area (Å²) in [7, 11) is 0. The zero-order valence-corrected chi connectivity index (χ0v) is 23.6. The molecule has 226 valence electrons. The molecule has 4 aliphatic rings. The number of halogens is 5. The fourth-order valence-corrected chi connectivity index (χ4v) is 8.04. The maximum atomic E-state index is 15.1. The number of carbonyl (C=O) groups is 2. The minimum Gasteiger partial charge on any atom is -0.463 e. The van der Waals surface area contributed by atoms with E-state index in [-0.39, 0.29) is 31.1 Å². The van der Waals surface area contributed by atoms with Crippen LogP contribution in [-0.2, 0) is 14.3 Å². The third kappa shape index (κ3) is 4.87. The minimum absolute atomic E-state index is 0.0400. The van der Waals surface area contributed by atoms with Crippen LogP contribution in [0.25, 0.3) is 6.08 Å². The second-order valence-corrected chi connectivity index (χ2v) is 12.1. The number of alkyl halides is 5. The van der Waals surface area contributed by atoms with E-state index in [0.717, 1.165) is 27.8 Å². The first-order valence-corrected chi connectivity index (χ1v) is 14.5. The van der Waals surface area contributed by atoms with Crippen LogP contribution in [0.1, 0.15) is 75.8 Å². The number of allylic oxidation sites excluding steroid dienone is 6. The predicted octanol–water partition coefficient (Wildman–Crippen LogP) is 7.65. The third-order valence-electron chi connectivity index (χ3n) is 10.0. The summed E-state index contributed by atoms with van der Waals surface area (Å²) >= 11 is 0. The van der Waals surface area contributed by atoms with Crippen molar-refractivity contribution < 1.29 is 41.4 Å². The summed E-state index contributed by atoms with van der Waals surface area (Å²) in [4.78, 5) is 23.7. The second-order valence-electron chi connectivity index (χ2n) is 12.1. The summed E-state index contributed by atoms with van der Waals surface area (Å²) in [6.07, 6.45) is 3.42. The first-order valence-electron chi connectivity index (χ1n) is 14.5. The molecule has 1 aromatic rings. The molecule has 5 rings (SSSR count). The highest BCUT2D eigenvalue weighted by atomic mass is 19.4. The molecule has 1 aromatic carbocycles. The van der Waals surface area contributed by atoms with E-state index >= 15 is 8.78 Å². The number of aliphatic hydroxyl groups is 1. The lowest BCUT2D eigenvalue weighted by atomic mass is 9.50. The van der Waals surface area contributed by atoms with Gasteiger partial charge in [-0.2, -0.15) is 22.0 Å². The summed E-state index contributed by atoms with van der Waals surface area (Å²) in [6.45, 7) is 3.40. The predicted molar refractivity (Wildman–Crippen MR) is 147 cm³/mol. The molecular weight excluding hydrogens is 555 g/mol. The Bertz CT molecular complexity index is 1370. The lowest BCUT2D eigenvalue weighted by Crippen LogP contribution is -2.65. The number of carbonyl (C=O) groups excluding carboxylic acids is 2. The largest absolute Gasteiger partial charge is 0.463 e. The average molecular weight is 591 g/mol. The van der Waals surface area contributed by atoms with Crippen LogP contribution in [0, 0.1) is 17.3 Å². The van der Waals surface area contributed by atoms with E-state index in [4.69, 9.17) is 4.74 Å². The topological polar surface area (TPSA) is 63.6 Å². The van der Waals surface area contributed by atoms with Gasteiger partial charge >= 0.3 is 18.1 Å². The Morgan fingerprint density at radius 3 is 2.45 bits per heavy atom. The van der Waals surface area contributed by atoms with Crippen LogP contribution < -0.4 is 0 Å². The lowest BCUT2D eigenvalue weighted by molar-refractivity contribution is -0.362. The molecule has 0 bridgehead atoms. The van der Waals surface area contributed by atoms with Gasteiger partial charge in [-0.05, 0) is 85.6 Å². The highest BCUT2D eigenvalue weighted by Gasteiger charge is 2.79. The number of hydrogen-bond donors (Lipinski definition) is 1. The SMILES string of the molecule is CCOC(=O)/C=C/C=C/c1ccc([C@H]2C[C@@]3(C)C(CC[C@@]3(O)C(F)(F)C(F)(F)F)C3CCC4=CC(=O)CCC4=C32)cc1. The van der Waals surface area contributed by atoms with E-state index in [0.29, 0.717) is 25.7 Å². The molecule has 1 N–H and O–H groups in total. The number of ether oxygens (including phenoxy) is 1. The van der Waals surface area contributed by atoms with Gasteiger partial charge in [0.2, 0.25) is 0 Å². The number of fused-ring (bicyclic) bond motifs is 4. The highest BCUT2D eigenvalue weighted by Crippen LogP contribution is 2.70. The molecular formula is C33H35F5O4. The van der Waals surface area contributed by atoms with E-state index in [1.54, 1.807) is 31.2 Å². The Morgan fingerprint density at radius 1 is 1.07 bits per heavy atom. The molecule has 5 atom stereocenters. The first kappa shape index (κ1) is 30.4. The summed E-state index contributed by atoms with van der Waals surface area (Å²) in [5, 5.41) is 11.4. The molecule has 2 fully saturated rings. The van der Waals surface area contributed by atoms with Gasteiger partial charge in [-0.15, -0.1) is 0 Å². The van der Waals surface area contributed by atoms with Gasteiger partial charge < -0.3 is 9.84 Å². The number of ketones is 1. The molecule has 0 aromatic heterocycles. The van der Waals surface area contributed by atoms with Crippen molar-refractivity contribution in [2.45, 2.75) is 82.4 Å². The Balaban J connectivity index is 1.55. The number of rotatable bonds is 6. The number of esters is 1. The highest BCUT2D eigenvalue weighted by molar-refractivity contribution is 5.93. The quantitative estimate of drug-likeness (QED) is 0.160. The van der Waals surface area contributed by atoms with Gasteiger partial charge in [-0.1, -0.05) is 55.0 Å². The molecule has 2 unspecified atom stereocenters. The maximum absolute atomic E-state index is 15.1. The fraction of sp³-hybridized carbons (Fsp3) is 0.515. The van der Waals surface area contributed by atoms with E-state index in [2.05, 4.69) is 0 Å². The van der Waals surface area contributed by atoms with Crippen molar-refractivity contribution in [2.24, 2.45) is 17.3 Å². The zero-order valence-electron chi connectivity index (χ0n) is 23.6. The van der Waals surface area contributed by atoms with Crippen LogP contribution in [0.5, 0.6) is 0 Å². The van der Waals surface area contributed by atoms with Crippen LogP contribution in [0.2, 0.25) is 0 Å². The maximum Gasteiger partial charge on any atom is 0.456 e. The van der Waals surface area contributed by atoms with Crippen molar-refractivity contribution in [2.75, 3.05) is 6.61 Å². The first-order chi connectivity index (χ1) is 19.7. The van der Waals surface area contributed by atoms with Crippen LogP contribution in [0.15, 0.2) is 65.3 Å². The molecule has 42 heavy (non-hydrogen) atoms. The van der Waals surface area contributed by atoms with E-state index in [1.165, 1.54) is 13.0 Å². The summed E-state index contributed by atoms with van der Waals surface area (Å²) < 4.78 is 76.3. The van der Waals surface area contributed by atoms with Crippen molar-refractivity contribution in [3.63, 3.8) is 0 Å². The van der Waals surface area contributed by atoms with Gasteiger partial charge in [-0.3, -0.25) is 4.79 Å². The number of hydrogen-bond acceptors (Lipinski definition) is 4. The van der Waals surface area contributed by atoms with Gasteiger partial charge in [0.15, 0.2) is 5.78 Å². The van der Waals surface area contributed by atoms with Crippen molar-refractivity contribution in [3.05, 3.63) is 76.4 Å². The van der Waals surface area contributed by atoms with Crippen molar-refractivity contribution >= 4 is 17.8 Å². The molecule has 0 spiro atoms. The zero-order chi connectivity index (χ0) is 30.5. The standard InChI is InChI=1S/C33H35F5O4/c1-3-42-28(40)7-5-4-6-20-8-10-21(11-9-20)26-19-30(2)27(16-17-31(30,41)32(34,35)33(36,37)38)25-14-12-22-18-23(39)13-15-24(22)29(25)26/h4-11,18,25-27,41H,3,12-17,19H2,1-2H3/b6-4+,7-5+/t25?,26-,27?,30+,31+/m1/s1. The average Bonchev–Trinajstić information content (AvgIpc) is 3.21. The monoisotopic (exact) mass is 590 g/mol. The minimum atomic E-state index is -5.88. The molecule has 0 saturated heterocycles. The summed E-state index contributed by atoms with van der Waals surface area (Å²) in [6, 6.07) is 7.34. The van der Waals surface area contributed by atoms with Crippen LogP contribution in [0.4, 0.5) is 22.0 Å². The molecule has 0 radical (unpaired) electrons. The van der Waals surface area contributed by atoms with Crippen LogP contribution in [0.3, 0.4) is 0 Å².